The van der Waals surface area contributed by atoms with Crippen LogP contribution >= 0.6 is 0 Å². The topological polar surface area (TPSA) is 88.9 Å². The molecule has 1 N–H and O–H groups in total. The Morgan fingerprint density at radius 3 is 2.69 bits per heavy atom. The van der Waals surface area contributed by atoms with Gasteiger partial charge in [-0.2, -0.15) is 10.2 Å². The number of hydrogen-bond donors (Lipinski definition) is 1. The maximum Gasteiger partial charge on any atom is 0.244 e. The highest BCUT2D eigenvalue weighted by Crippen LogP contribution is 2.30. The molecular formula is C19H27N5O2. The van der Waals surface area contributed by atoms with Crippen LogP contribution in [0, 0.1) is 24.2 Å². The minimum atomic E-state index is -0.0101. The van der Waals surface area contributed by atoms with Crippen LogP contribution in [0.15, 0.2) is 10.6 Å². The first-order valence-electron chi connectivity index (χ1n) is 9.21. The minimum absolute atomic E-state index is 0.0101. The third-order valence-corrected chi connectivity index (χ3v) is 5.24. The van der Waals surface area contributed by atoms with E-state index in [1.807, 2.05) is 24.6 Å². The van der Waals surface area contributed by atoms with Crippen LogP contribution in [0.2, 0.25) is 0 Å². The van der Waals surface area contributed by atoms with E-state index in [2.05, 4.69) is 35.4 Å². The quantitative estimate of drug-likeness (QED) is 0.855. The van der Waals surface area contributed by atoms with E-state index in [0.717, 1.165) is 43.1 Å². The van der Waals surface area contributed by atoms with Gasteiger partial charge < -0.3 is 19.1 Å². The van der Waals surface area contributed by atoms with E-state index in [1.54, 1.807) is 0 Å². The molecule has 1 atom stereocenters. The van der Waals surface area contributed by atoms with E-state index < -0.39 is 0 Å². The van der Waals surface area contributed by atoms with Crippen LogP contribution in [-0.4, -0.2) is 27.9 Å². The second kappa shape index (κ2) is 8.02. The van der Waals surface area contributed by atoms with Crippen LogP contribution in [0.3, 0.4) is 0 Å². The summed E-state index contributed by atoms with van der Waals surface area (Å²) in [7, 11) is 1.92. The van der Waals surface area contributed by atoms with Gasteiger partial charge in [-0.1, -0.05) is 19.0 Å². The van der Waals surface area contributed by atoms with Crippen LogP contribution in [0.25, 0.3) is 0 Å². The molecule has 2 aromatic heterocycles. The molecule has 1 saturated heterocycles. The smallest absolute Gasteiger partial charge is 0.244 e. The first-order valence-corrected chi connectivity index (χ1v) is 9.21. The Labute approximate surface area is 154 Å². The van der Waals surface area contributed by atoms with Crippen LogP contribution in [0.4, 0.5) is 0 Å². The van der Waals surface area contributed by atoms with E-state index in [0.29, 0.717) is 24.0 Å². The number of nitrogens with one attached hydrogen (secondary N) is 1. The molecule has 7 nitrogen and oxygen atoms in total. The zero-order valence-electron chi connectivity index (χ0n) is 16.0. The van der Waals surface area contributed by atoms with Crippen LogP contribution in [0.1, 0.15) is 67.3 Å². The van der Waals surface area contributed by atoms with Gasteiger partial charge in [-0.15, -0.1) is 0 Å². The molecular weight excluding hydrogens is 330 g/mol. The highest BCUT2D eigenvalue weighted by atomic mass is 16.5. The van der Waals surface area contributed by atoms with E-state index in [4.69, 9.17) is 9.26 Å². The molecule has 0 aliphatic carbocycles. The van der Waals surface area contributed by atoms with Crippen molar-refractivity contribution in [2.24, 2.45) is 13.0 Å². The standard InChI is InChI=1S/C19H27N5O2/c1-12(2)18-22-19(26-23-18)17(14-5-7-25-8-6-14)21-11-15-9-16(10-20)24(4)13(15)3/h9,12,14,17,21H,5-8,11H2,1-4H3/t17-/m1/s1. The van der Waals surface area contributed by atoms with Gasteiger partial charge in [-0.05, 0) is 37.3 Å². The van der Waals surface area contributed by atoms with Crippen molar-refractivity contribution >= 4 is 0 Å². The van der Waals surface area contributed by atoms with Crippen molar-refractivity contribution in [1.29, 1.82) is 5.26 Å². The van der Waals surface area contributed by atoms with E-state index in [9.17, 15) is 5.26 Å². The summed E-state index contributed by atoms with van der Waals surface area (Å²) in [5.41, 5.74) is 2.87. The molecule has 0 amide bonds. The number of hydrogen-bond acceptors (Lipinski definition) is 6. The molecule has 0 saturated carbocycles. The Kier molecular flexibility index (Phi) is 5.74. The van der Waals surface area contributed by atoms with Crippen molar-refractivity contribution in [2.45, 2.75) is 52.1 Å². The molecule has 1 aliphatic rings. The Morgan fingerprint density at radius 1 is 1.38 bits per heavy atom. The Morgan fingerprint density at radius 2 is 2.12 bits per heavy atom. The van der Waals surface area contributed by atoms with Crippen molar-refractivity contribution < 1.29 is 9.26 Å². The van der Waals surface area contributed by atoms with Crippen molar-refractivity contribution in [2.75, 3.05) is 13.2 Å². The average molecular weight is 357 g/mol. The highest BCUT2D eigenvalue weighted by molar-refractivity contribution is 5.34. The van der Waals surface area contributed by atoms with Gasteiger partial charge in [-0.3, -0.25) is 0 Å². The lowest BCUT2D eigenvalue weighted by Crippen LogP contribution is -2.32. The average Bonchev–Trinajstić information content (AvgIpc) is 3.23. The lowest BCUT2D eigenvalue weighted by atomic mass is 9.91. The lowest BCUT2D eigenvalue weighted by molar-refractivity contribution is 0.0485. The summed E-state index contributed by atoms with van der Waals surface area (Å²) in [4.78, 5) is 4.62. The number of nitrogens with zero attached hydrogens (tertiary/aromatic N) is 4. The summed E-state index contributed by atoms with van der Waals surface area (Å²) in [5, 5.41) is 17.0. The predicted molar refractivity (Wildman–Crippen MR) is 96.4 cm³/mol. The molecule has 0 aromatic carbocycles. The molecule has 1 aliphatic heterocycles. The maximum atomic E-state index is 9.23. The minimum Gasteiger partial charge on any atom is -0.381 e. The predicted octanol–water partition coefficient (Wildman–Crippen LogP) is 2.97. The third kappa shape index (κ3) is 3.81. The second-order valence-electron chi connectivity index (χ2n) is 7.26. The number of aromatic nitrogens is 3. The Hall–Kier alpha value is -2.17. The molecule has 3 rings (SSSR count). The van der Waals surface area contributed by atoms with Crippen molar-refractivity contribution in [1.82, 2.24) is 20.0 Å². The van der Waals surface area contributed by atoms with Gasteiger partial charge in [0.05, 0.1) is 6.04 Å². The lowest BCUT2D eigenvalue weighted by Gasteiger charge is -2.28. The number of ether oxygens (including phenoxy) is 1. The molecule has 0 unspecified atom stereocenters. The summed E-state index contributed by atoms with van der Waals surface area (Å²) in [6.07, 6.45) is 1.93. The zero-order valence-corrected chi connectivity index (χ0v) is 16.0. The number of rotatable bonds is 6. The van der Waals surface area contributed by atoms with Crippen LogP contribution in [0.5, 0.6) is 0 Å². The van der Waals surface area contributed by atoms with Crippen LogP contribution < -0.4 is 5.32 Å². The maximum absolute atomic E-state index is 9.23. The first-order chi connectivity index (χ1) is 12.5. The summed E-state index contributed by atoms with van der Waals surface area (Å²) >= 11 is 0. The zero-order chi connectivity index (χ0) is 18.7. The van der Waals surface area contributed by atoms with E-state index >= 15 is 0 Å². The Bertz CT molecular complexity index is 780. The first kappa shape index (κ1) is 18.6. The van der Waals surface area contributed by atoms with Crippen molar-refractivity contribution in [3.63, 3.8) is 0 Å². The molecule has 2 aromatic rings. The van der Waals surface area contributed by atoms with Gasteiger partial charge in [-0.25, -0.2) is 0 Å². The molecule has 3 heterocycles. The number of nitriles is 1. The molecule has 7 heteroatoms. The summed E-state index contributed by atoms with van der Waals surface area (Å²) in [6.45, 7) is 8.33. The molecule has 1 fully saturated rings. The van der Waals surface area contributed by atoms with Gasteiger partial charge in [0.1, 0.15) is 11.8 Å². The summed E-state index contributed by atoms with van der Waals surface area (Å²) < 4.78 is 13.0. The SMILES string of the molecule is Cc1c(CN[C@@H](c2nc(C(C)C)no2)C2CCOCC2)cc(C#N)n1C. The normalized spacial score (nSPS) is 16.8. The van der Waals surface area contributed by atoms with E-state index in [-0.39, 0.29) is 12.0 Å². The summed E-state index contributed by atoms with van der Waals surface area (Å²) in [5.74, 6) is 2.01. The van der Waals surface area contributed by atoms with Crippen LogP contribution in [-0.2, 0) is 18.3 Å². The van der Waals surface area contributed by atoms with Gasteiger partial charge in [0.15, 0.2) is 5.82 Å². The monoisotopic (exact) mass is 357 g/mol. The fraction of sp³-hybridized carbons (Fsp3) is 0.632. The second-order valence-corrected chi connectivity index (χ2v) is 7.26. The fourth-order valence-corrected chi connectivity index (χ4v) is 3.38. The third-order valence-electron chi connectivity index (χ3n) is 5.24. The summed E-state index contributed by atoms with van der Waals surface area (Å²) in [6, 6.07) is 4.16. The molecule has 0 bridgehead atoms. The van der Waals surface area contributed by atoms with Gasteiger partial charge in [0, 0.05) is 38.4 Å². The van der Waals surface area contributed by atoms with Crippen molar-refractivity contribution in [3.8, 4) is 6.07 Å². The highest BCUT2D eigenvalue weighted by Gasteiger charge is 2.30. The van der Waals surface area contributed by atoms with Gasteiger partial charge >= 0.3 is 0 Å². The molecule has 0 spiro atoms. The van der Waals surface area contributed by atoms with Crippen molar-refractivity contribution in [3.05, 3.63) is 34.7 Å². The van der Waals surface area contributed by atoms with Gasteiger partial charge in [0.2, 0.25) is 5.89 Å². The fourth-order valence-electron chi connectivity index (χ4n) is 3.38. The Balaban J connectivity index is 1.80. The van der Waals surface area contributed by atoms with E-state index in [1.165, 1.54) is 0 Å². The molecule has 140 valence electrons. The largest absolute Gasteiger partial charge is 0.381 e. The van der Waals surface area contributed by atoms with Gasteiger partial charge in [0.25, 0.3) is 0 Å². The molecule has 0 radical (unpaired) electrons. The molecule has 26 heavy (non-hydrogen) atoms.